The number of halogens is 1. The second-order valence-corrected chi connectivity index (χ2v) is 7.73. The van der Waals surface area contributed by atoms with E-state index in [0.29, 0.717) is 11.6 Å². The lowest BCUT2D eigenvalue weighted by Crippen LogP contribution is -2.26. The van der Waals surface area contributed by atoms with Gasteiger partial charge in [-0.05, 0) is 36.2 Å². The fourth-order valence-corrected chi connectivity index (χ4v) is 3.51. The predicted octanol–water partition coefficient (Wildman–Crippen LogP) is 3.35. The number of unbranched alkanes of at least 4 members (excludes halogenated alkanes) is 1. The summed E-state index contributed by atoms with van der Waals surface area (Å²) in [5.41, 5.74) is 1.08. The molecule has 0 fully saturated rings. The lowest BCUT2D eigenvalue weighted by Gasteiger charge is -2.09. The third kappa shape index (κ3) is 5.56. The van der Waals surface area contributed by atoms with Crippen molar-refractivity contribution in [1.29, 1.82) is 0 Å². The number of carbonyl (C=O) groups excluding carboxylic acids is 1. The Labute approximate surface area is 153 Å². The van der Waals surface area contributed by atoms with E-state index in [2.05, 4.69) is 10.0 Å². The maximum atomic E-state index is 12.3. The highest BCUT2D eigenvalue weighted by atomic mass is 35.5. The molecule has 5 nitrogen and oxygen atoms in total. The maximum Gasteiger partial charge on any atom is 0.251 e. The zero-order valence-electron chi connectivity index (χ0n) is 14.0. The molecule has 0 unspecified atom stereocenters. The quantitative estimate of drug-likeness (QED) is 0.689. The van der Waals surface area contributed by atoms with Gasteiger partial charge in [-0.3, -0.25) is 4.79 Å². The molecule has 0 bridgehead atoms. The van der Waals surface area contributed by atoms with E-state index in [-0.39, 0.29) is 22.9 Å². The Balaban J connectivity index is 2.07. The number of benzene rings is 2. The van der Waals surface area contributed by atoms with Gasteiger partial charge in [0.1, 0.15) is 0 Å². The van der Waals surface area contributed by atoms with Gasteiger partial charge < -0.3 is 5.32 Å². The molecule has 2 N–H and O–H groups in total. The molecule has 0 aliphatic rings. The molecule has 0 saturated carbocycles. The summed E-state index contributed by atoms with van der Waals surface area (Å²) in [6.07, 6.45) is 1.66. The molecule has 25 heavy (non-hydrogen) atoms. The molecule has 0 aliphatic heterocycles. The Kier molecular flexibility index (Phi) is 6.99. The summed E-state index contributed by atoms with van der Waals surface area (Å²) in [6, 6.07) is 13.2. The van der Waals surface area contributed by atoms with E-state index in [1.165, 1.54) is 12.1 Å². The molecule has 0 atom stereocenters. The molecule has 0 aromatic heterocycles. The van der Waals surface area contributed by atoms with Crippen molar-refractivity contribution in [3.63, 3.8) is 0 Å². The minimum Gasteiger partial charge on any atom is -0.348 e. The first kappa shape index (κ1) is 19.4. The Morgan fingerprint density at radius 2 is 1.88 bits per heavy atom. The molecule has 2 rings (SSSR count). The van der Waals surface area contributed by atoms with Gasteiger partial charge in [-0.15, -0.1) is 0 Å². The third-order valence-corrected chi connectivity index (χ3v) is 5.45. The number of hydrogen-bond donors (Lipinski definition) is 2. The molecule has 0 aliphatic carbocycles. The summed E-state index contributed by atoms with van der Waals surface area (Å²) >= 11 is 6.06. The highest BCUT2D eigenvalue weighted by Crippen LogP contribution is 2.15. The molecular formula is C18H21ClN2O3S. The van der Waals surface area contributed by atoms with Gasteiger partial charge in [0.05, 0.1) is 4.90 Å². The first-order chi connectivity index (χ1) is 11.9. The van der Waals surface area contributed by atoms with Crippen LogP contribution in [0.5, 0.6) is 0 Å². The lowest BCUT2D eigenvalue weighted by atomic mass is 10.2. The molecule has 1 amide bonds. The van der Waals surface area contributed by atoms with Crippen LogP contribution in [0.15, 0.2) is 53.4 Å². The summed E-state index contributed by atoms with van der Waals surface area (Å²) in [6.45, 7) is 2.63. The van der Waals surface area contributed by atoms with E-state index in [1.54, 1.807) is 18.2 Å². The average Bonchev–Trinajstić information content (AvgIpc) is 2.61. The molecule has 0 saturated heterocycles. The van der Waals surface area contributed by atoms with Crippen LogP contribution in [0.1, 0.15) is 35.7 Å². The van der Waals surface area contributed by atoms with Gasteiger partial charge in [-0.2, -0.15) is 0 Å². The Bertz CT molecular complexity index is 838. The van der Waals surface area contributed by atoms with Crippen molar-refractivity contribution in [2.24, 2.45) is 0 Å². The molecule has 0 radical (unpaired) electrons. The lowest BCUT2D eigenvalue weighted by molar-refractivity contribution is 0.0950. The van der Waals surface area contributed by atoms with Crippen molar-refractivity contribution in [3.05, 3.63) is 64.7 Å². The Morgan fingerprint density at radius 1 is 1.12 bits per heavy atom. The van der Waals surface area contributed by atoms with Gasteiger partial charge in [-0.1, -0.05) is 49.2 Å². The smallest absolute Gasteiger partial charge is 0.251 e. The van der Waals surface area contributed by atoms with Crippen LogP contribution in [-0.4, -0.2) is 20.9 Å². The number of nitrogens with one attached hydrogen (secondary N) is 2. The minimum absolute atomic E-state index is 0.0778. The Morgan fingerprint density at radius 3 is 2.60 bits per heavy atom. The zero-order valence-corrected chi connectivity index (χ0v) is 15.5. The van der Waals surface area contributed by atoms with Crippen LogP contribution in [-0.2, 0) is 16.6 Å². The molecular weight excluding hydrogens is 360 g/mol. The summed E-state index contributed by atoms with van der Waals surface area (Å²) < 4.78 is 27.0. The molecule has 0 spiro atoms. The largest absolute Gasteiger partial charge is 0.348 e. The SMILES string of the molecule is CCCCNS(=O)(=O)c1cccc(C(=O)NCc2ccccc2Cl)c1. The van der Waals surface area contributed by atoms with Crippen LogP contribution in [0, 0.1) is 0 Å². The standard InChI is InChI=1S/C18H21ClN2O3S/c1-2-3-11-21-25(23,24)16-9-6-8-14(12-16)18(22)20-13-15-7-4-5-10-17(15)19/h4-10,12,21H,2-3,11,13H2,1H3,(H,20,22). The number of rotatable bonds is 8. The van der Waals surface area contributed by atoms with Crippen molar-refractivity contribution in [1.82, 2.24) is 10.0 Å². The van der Waals surface area contributed by atoms with E-state index in [0.717, 1.165) is 18.4 Å². The van der Waals surface area contributed by atoms with Crippen LogP contribution in [0.3, 0.4) is 0 Å². The summed E-state index contributed by atoms with van der Waals surface area (Å²) in [5, 5.41) is 3.32. The van der Waals surface area contributed by atoms with Crippen LogP contribution in [0.4, 0.5) is 0 Å². The van der Waals surface area contributed by atoms with Crippen molar-refractivity contribution in [2.75, 3.05) is 6.54 Å². The molecule has 7 heteroatoms. The molecule has 2 aromatic carbocycles. The second kappa shape index (κ2) is 8.99. The van der Waals surface area contributed by atoms with Crippen LogP contribution in [0.25, 0.3) is 0 Å². The molecule has 134 valence electrons. The normalized spacial score (nSPS) is 11.3. The van der Waals surface area contributed by atoms with E-state index >= 15 is 0 Å². The van der Waals surface area contributed by atoms with Crippen molar-refractivity contribution < 1.29 is 13.2 Å². The van der Waals surface area contributed by atoms with Crippen LogP contribution >= 0.6 is 11.6 Å². The Hall–Kier alpha value is -1.89. The van der Waals surface area contributed by atoms with E-state index in [4.69, 9.17) is 11.6 Å². The van der Waals surface area contributed by atoms with Crippen LogP contribution in [0.2, 0.25) is 5.02 Å². The molecule has 0 heterocycles. The van der Waals surface area contributed by atoms with Crippen molar-refractivity contribution in [2.45, 2.75) is 31.2 Å². The monoisotopic (exact) mass is 380 g/mol. The predicted molar refractivity (Wildman–Crippen MR) is 99.2 cm³/mol. The van der Waals surface area contributed by atoms with Gasteiger partial charge >= 0.3 is 0 Å². The highest BCUT2D eigenvalue weighted by Gasteiger charge is 2.15. The van der Waals surface area contributed by atoms with Gasteiger partial charge in [0.25, 0.3) is 5.91 Å². The third-order valence-electron chi connectivity index (χ3n) is 3.63. The number of hydrogen-bond acceptors (Lipinski definition) is 3. The maximum absolute atomic E-state index is 12.3. The van der Waals surface area contributed by atoms with Crippen molar-refractivity contribution >= 4 is 27.5 Å². The number of amides is 1. The summed E-state index contributed by atoms with van der Waals surface area (Å²) in [7, 11) is -3.61. The molecule has 2 aromatic rings. The van der Waals surface area contributed by atoms with Crippen LogP contribution < -0.4 is 10.0 Å². The minimum atomic E-state index is -3.61. The van der Waals surface area contributed by atoms with E-state index < -0.39 is 10.0 Å². The first-order valence-corrected chi connectivity index (χ1v) is 9.91. The van der Waals surface area contributed by atoms with Gasteiger partial charge in [-0.25, -0.2) is 13.1 Å². The topological polar surface area (TPSA) is 75.3 Å². The number of carbonyl (C=O) groups is 1. The fourth-order valence-electron chi connectivity index (χ4n) is 2.19. The van der Waals surface area contributed by atoms with E-state index in [9.17, 15) is 13.2 Å². The second-order valence-electron chi connectivity index (χ2n) is 5.55. The summed E-state index contributed by atoms with van der Waals surface area (Å²) in [4.78, 5) is 12.4. The zero-order chi connectivity index (χ0) is 18.3. The van der Waals surface area contributed by atoms with Gasteiger partial charge in [0, 0.05) is 23.7 Å². The van der Waals surface area contributed by atoms with Gasteiger partial charge in [0.2, 0.25) is 10.0 Å². The fraction of sp³-hybridized carbons (Fsp3) is 0.278. The van der Waals surface area contributed by atoms with Gasteiger partial charge in [0.15, 0.2) is 0 Å². The first-order valence-electron chi connectivity index (χ1n) is 8.05. The van der Waals surface area contributed by atoms with E-state index in [1.807, 2.05) is 25.1 Å². The highest BCUT2D eigenvalue weighted by molar-refractivity contribution is 7.89. The summed E-state index contributed by atoms with van der Waals surface area (Å²) in [5.74, 6) is -0.356. The van der Waals surface area contributed by atoms with Crippen molar-refractivity contribution in [3.8, 4) is 0 Å². The number of sulfonamides is 1. The average molecular weight is 381 g/mol.